The minimum Gasteiger partial charge on any atom is -0.493 e. The Morgan fingerprint density at radius 3 is 2.71 bits per heavy atom. The topological polar surface area (TPSA) is 125 Å². The van der Waals surface area contributed by atoms with Crippen molar-refractivity contribution in [3.63, 3.8) is 0 Å². The third-order valence-electron chi connectivity index (χ3n) is 3.60. The second-order valence-corrected chi connectivity index (χ2v) is 5.96. The summed E-state index contributed by atoms with van der Waals surface area (Å²) in [5.74, 6) is 0.343. The molecule has 10 heteroatoms. The Morgan fingerprint density at radius 2 is 2.04 bits per heavy atom. The molecule has 3 rings (SSSR count). The van der Waals surface area contributed by atoms with E-state index in [9.17, 15) is 4.79 Å². The summed E-state index contributed by atoms with van der Waals surface area (Å²) in [5.41, 5.74) is 9.24. The fourth-order valence-electron chi connectivity index (χ4n) is 2.20. The number of nitrogens with zero attached hydrogens (tertiary/aromatic N) is 3. The van der Waals surface area contributed by atoms with Crippen molar-refractivity contribution in [1.29, 1.82) is 0 Å². The number of aromatic nitrogens is 2. The van der Waals surface area contributed by atoms with Crippen LogP contribution in [0.5, 0.6) is 11.5 Å². The largest absolute Gasteiger partial charge is 0.493 e. The predicted octanol–water partition coefficient (Wildman–Crippen LogP) is 2.66. The molecule has 0 fully saturated rings. The van der Waals surface area contributed by atoms with Crippen molar-refractivity contribution in [1.82, 2.24) is 15.7 Å². The molecule has 0 unspecified atom stereocenters. The molecular weight excluding hydrogens is 386 g/mol. The summed E-state index contributed by atoms with van der Waals surface area (Å²) in [6.45, 7) is 0.365. The standard InChI is InChI=1S/C18H16ClN5O4/c1-26-15-8-12(9-21-22-18(25)16-17(20)24-28-23-16)4-7-14(15)27-10-11-2-5-13(19)6-3-11/h2-9H,10H2,1H3,(H2,20,24)(H,22,25). The maximum absolute atomic E-state index is 11.8. The Hall–Kier alpha value is -3.59. The SMILES string of the molecule is COc1cc(C=NNC(=O)c2nonc2N)ccc1OCc1ccc(Cl)cc1. The number of carbonyl (C=O) groups is 1. The van der Waals surface area contributed by atoms with Gasteiger partial charge in [-0.1, -0.05) is 23.7 Å². The fraction of sp³-hybridized carbons (Fsp3) is 0.111. The number of hydrogen-bond acceptors (Lipinski definition) is 8. The number of ether oxygens (including phenoxy) is 2. The van der Waals surface area contributed by atoms with E-state index in [2.05, 4.69) is 25.5 Å². The smallest absolute Gasteiger partial charge is 0.297 e. The maximum atomic E-state index is 11.8. The Balaban J connectivity index is 1.62. The van der Waals surface area contributed by atoms with Crippen LogP contribution in [-0.4, -0.2) is 29.5 Å². The van der Waals surface area contributed by atoms with Crippen LogP contribution in [0.4, 0.5) is 5.82 Å². The van der Waals surface area contributed by atoms with E-state index < -0.39 is 5.91 Å². The van der Waals surface area contributed by atoms with Gasteiger partial charge in [0.25, 0.3) is 5.91 Å². The van der Waals surface area contributed by atoms with E-state index in [1.165, 1.54) is 13.3 Å². The highest BCUT2D eigenvalue weighted by Crippen LogP contribution is 2.28. The number of hydrogen-bond donors (Lipinski definition) is 2. The highest BCUT2D eigenvalue weighted by atomic mass is 35.5. The average molecular weight is 402 g/mol. The highest BCUT2D eigenvalue weighted by molar-refractivity contribution is 6.30. The molecule has 0 saturated heterocycles. The van der Waals surface area contributed by atoms with Crippen molar-refractivity contribution < 1.29 is 18.9 Å². The summed E-state index contributed by atoms with van der Waals surface area (Å²) in [6.07, 6.45) is 1.44. The Labute approximate surface area is 165 Å². The molecule has 0 saturated carbocycles. The van der Waals surface area contributed by atoms with Gasteiger partial charge in [-0.2, -0.15) is 5.10 Å². The van der Waals surface area contributed by atoms with Crippen LogP contribution in [0.1, 0.15) is 21.6 Å². The van der Waals surface area contributed by atoms with Gasteiger partial charge in [0.05, 0.1) is 13.3 Å². The molecule has 0 spiro atoms. The molecule has 1 aromatic heterocycles. The summed E-state index contributed by atoms with van der Waals surface area (Å²) >= 11 is 5.87. The zero-order valence-corrected chi connectivity index (χ0v) is 15.5. The Kier molecular flexibility index (Phi) is 6.07. The minimum absolute atomic E-state index is 0.114. The molecule has 2 aromatic carbocycles. The van der Waals surface area contributed by atoms with Gasteiger partial charge in [0, 0.05) is 5.02 Å². The van der Waals surface area contributed by atoms with E-state index >= 15 is 0 Å². The molecule has 0 aliphatic carbocycles. The summed E-state index contributed by atoms with van der Waals surface area (Å²) in [7, 11) is 1.54. The molecular formula is C18H16ClN5O4. The summed E-state index contributed by atoms with van der Waals surface area (Å²) in [5, 5.41) is 11.2. The third kappa shape index (κ3) is 4.77. The van der Waals surface area contributed by atoms with E-state index in [-0.39, 0.29) is 11.5 Å². The number of methoxy groups -OCH3 is 1. The number of nitrogen functional groups attached to an aromatic ring is 1. The first kappa shape index (κ1) is 19.2. The van der Waals surface area contributed by atoms with E-state index in [0.29, 0.717) is 28.7 Å². The van der Waals surface area contributed by atoms with Gasteiger partial charge in [0.1, 0.15) is 6.61 Å². The molecule has 9 nitrogen and oxygen atoms in total. The quantitative estimate of drug-likeness (QED) is 0.460. The molecule has 28 heavy (non-hydrogen) atoms. The first-order valence-electron chi connectivity index (χ1n) is 8.03. The molecule has 1 amide bonds. The molecule has 144 valence electrons. The summed E-state index contributed by atoms with van der Waals surface area (Å²) < 4.78 is 15.5. The molecule has 0 atom stereocenters. The number of anilines is 1. The number of amides is 1. The van der Waals surface area contributed by atoms with Gasteiger partial charge in [-0.15, -0.1) is 0 Å². The first-order chi connectivity index (χ1) is 13.6. The molecule has 1 heterocycles. The normalized spacial score (nSPS) is 10.8. The first-order valence-corrected chi connectivity index (χ1v) is 8.41. The second kappa shape index (κ2) is 8.87. The highest BCUT2D eigenvalue weighted by Gasteiger charge is 2.15. The number of halogens is 1. The van der Waals surface area contributed by atoms with Crippen molar-refractivity contribution in [2.45, 2.75) is 6.61 Å². The lowest BCUT2D eigenvalue weighted by molar-refractivity contribution is 0.0946. The van der Waals surface area contributed by atoms with Crippen molar-refractivity contribution in [3.05, 3.63) is 64.3 Å². The average Bonchev–Trinajstić information content (AvgIpc) is 3.14. The van der Waals surface area contributed by atoms with Crippen LogP contribution >= 0.6 is 11.6 Å². The molecule has 0 radical (unpaired) electrons. The Bertz CT molecular complexity index is 988. The van der Waals surface area contributed by atoms with Gasteiger partial charge >= 0.3 is 0 Å². The van der Waals surface area contributed by atoms with Crippen molar-refractivity contribution >= 4 is 29.5 Å². The monoisotopic (exact) mass is 401 g/mol. The van der Waals surface area contributed by atoms with Gasteiger partial charge in [-0.05, 0) is 51.8 Å². The fourth-order valence-corrected chi connectivity index (χ4v) is 2.32. The van der Waals surface area contributed by atoms with Crippen molar-refractivity contribution in [2.24, 2.45) is 5.10 Å². The number of rotatable bonds is 7. The van der Waals surface area contributed by atoms with Crippen LogP contribution in [0, 0.1) is 0 Å². The molecule has 0 bridgehead atoms. The lowest BCUT2D eigenvalue weighted by Gasteiger charge is -2.11. The lowest BCUT2D eigenvalue weighted by atomic mass is 10.2. The number of carbonyl (C=O) groups excluding carboxylic acids is 1. The van der Waals surface area contributed by atoms with Gasteiger partial charge in [0.15, 0.2) is 11.5 Å². The number of nitrogens with one attached hydrogen (secondary N) is 1. The van der Waals surface area contributed by atoms with Crippen LogP contribution < -0.4 is 20.6 Å². The molecule has 0 aliphatic heterocycles. The van der Waals surface area contributed by atoms with Gasteiger partial charge in [-0.25, -0.2) is 10.1 Å². The van der Waals surface area contributed by atoms with Crippen LogP contribution in [-0.2, 0) is 6.61 Å². The lowest BCUT2D eigenvalue weighted by Crippen LogP contribution is -2.19. The van der Waals surface area contributed by atoms with E-state index in [1.54, 1.807) is 30.3 Å². The zero-order chi connectivity index (χ0) is 19.9. The number of benzene rings is 2. The van der Waals surface area contributed by atoms with Gasteiger partial charge in [-0.3, -0.25) is 4.79 Å². The van der Waals surface area contributed by atoms with Crippen LogP contribution in [0.15, 0.2) is 52.2 Å². The van der Waals surface area contributed by atoms with Crippen LogP contribution in [0.3, 0.4) is 0 Å². The predicted molar refractivity (Wildman–Crippen MR) is 103 cm³/mol. The van der Waals surface area contributed by atoms with Crippen molar-refractivity contribution in [3.8, 4) is 11.5 Å². The maximum Gasteiger partial charge on any atom is 0.297 e. The summed E-state index contributed by atoms with van der Waals surface area (Å²) in [6, 6.07) is 12.6. The van der Waals surface area contributed by atoms with Gasteiger partial charge in [0.2, 0.25) is 11.5 Å². The molecule has 3 aromatic rings. The van der Waals surface area contributed by atoms with Gasteiger partial charge < -0.3 is 15.2 Å². The molecule has 3 N–H and O–H groups in total. The zero-order valence-electron chi connectivity index (χ0n) is 14.8. The third-order valence-corrected chi connectivity index (χ3v) is 3.86. The van der Waals surface area contributed by atoms with E-state index in [0.717, 1.165) is 5.56 Å². The second-order valence-electron chi connectivity index (χ2n) is 5.52. The van der Waals surface area contributed by atoms with E-state index in [1.807, 2.05) is 12.1 Å². The van der Waals surface area contributed by atoms with Crippen LogP contribution in [0.25, 0.3) is 0 Å². The molecule has 0 aliphatic rings. The van der Waals surface area contributed by atoms with E-state index in [4.69, 9.17) is 26.8 Å². The van der Waals surface area contributed by atoms with Crippen LogP contribution in [0.2, 0.25) is 5.02 Å². The number of nitrogens with two attached hydrogens (primary N) is 1. The van der Waals surface area contributed by atoms with Crippen molar-refractivity contribution in [2.75, 3.05) is 12.8 Å². The number of hydrazone groups is 1. The Morgan fingerprint density at radius 1 is 1.25 bits per heavy atom. The summed E-state index contributed by atoms with van der Waals surface area (Å²) in [4.78, 5) is 11.8. The minimum atomic E-state index is -0.634.